The quantitative estimate of drug-likeness (QED) is 0.598. The van der Waals surface area contributed by atoms with Crippen molar-refractivity contribution in [3.05, 3.63) is 29.3 Å². The van der Waals surface area contributed by atoms with E-state index in [0.717, 1.165) is 0 Å². The number of hydrazone groups is 1. The number of likely N-dealkylation sites (N-methyl/N-ethyl adjacent to an activating group) is 1. The molecule has 86 valence electrons. The standard InChI is InChI=1S/C11H13ClN2O2/c1-3-13-14(2)11(15)8-16-10-6-4-9(12)5-7-10/h3-7H,8H2,1-2H3/b13-3-. The number of carbonyl (C=O) groups excluding carboxylic acids is 1. The Balaban J connectivity index is 2.45. The highest BCUT2D eigenvalue weighted by molar-refractivity contribution is 6.30. The molecular formula is C11H13ClN2O2. The molecule has 0 aliphatic carbocycles. The second-order valence-electron chi connectivity index (χ2n) is 3.03. The number of carbonyl (C=O) groups is 1. The fraction of sp³-hybridized carbons (Fsp3) is 0.273. The van der Waals surface area contributed by atoms with E-state index in [1.54, 1.807) is 44.5 Å². The summed E-state index contributed by atoms with van der Waals surface area (Å²) in [7, 11) is 1.58. The summed E-state index contributed by atoms with van der Waals surface area (Å²) in [6.07, 6.45) is 1.54. The Morgan fingerprint density at radius 1 is 1.50 bits per heavy atom. The van der Waals surface area contributed by atoms with Crippen LogP contribution in [0.4, 0.5) is 0 Å². The van der Waals surface area contributed by atoms with Crippen molar-refractivity contribution in [1.82, 2.24) is 5.01 Å². The van der Waals surface area contributed by atoms with E-state index in [0.29, 0.717) is 10.8 Å². The maximum atomic E-state index is 11.4. The number of ether oxygens (including phenoxy) is 1. The molecule has 1 aromatic carbocycles. The van der Waals surface area contributed by atoms with Crippen molar-refractivity contribution in [3.63, 3.8) is 0 Å². The molecule has 0 spiro atoms. The van der Waals surface area contributed by atoms with Crippen molar-refractivity contribution in [2.75, 3.05) is 13.7 Å². The van der Waals surface area contributed by atoms with Crippen LogP contribution in [0.5, 0.6) is 5.75 Å². The van der Waals surface area contributed by atoms with Crippen LogP contribution in [-0.2, 0) is 4.79 Å². The molecule has 1 aromatic rings. The summed E-state index contributed by atoms with van der Waals surface area (Å²) in [5.41, 5.74) is 0. The second kappa shape index (κ2) is 6.12. The molecule has 0 atom stereocenters. The average molecular weight is 241 g/mol. The SMILES string of the molecule is C/C=N\N(C)C(=O)COc1ccc(Cl)cc1. The fourth-order valence-electron chi connectivity index (χ4n) is 1.01. The lowest BCUT2D eigenvalue weighted by Gasteiger charge is -2.11. The van der Waals surface area contributed by atoms with Crippen LogP contribution < -0.4 is 4.74 Å². The lowest BCUT2D eigenvalue weighted by Crippen LogP contribution is -2.27. The van der Waals surface area contributed by atoms with Crippen LogP contribution in [-0.4, -0.2) is 30.8 Å². The Morgan fingerprint density at radius 2 is 2.12 bits per heavy atom. The monoisotopic (exact) mass is 240 g/mol. The topological polar surface area (TPSA) is 41.9 Å². The molecule has 5 heteroatoms. The minimum atomic E-state index is -0.215. The van der Waals surface area contributed by atoms with Gasteiger partial charge in [0.25, 0.3) is 5.91 Å². The molecule has 0 aromatic heterocycles. The first-order valence-corrected chi connectivity index (χ1v) is 5.15. The lowest BCUT2D eigenvalue weighted by atomic mass is 10.3. The highest BCUT2D eigenvalue weighted by atomic mass is 35.5. The van der Waals surface area contributed by atoms with Crippen molar-refractivity contribution in [2.24, 2.45) is 5.10 Å². The highest BCUT2D eigenvalue weighted by Gasteiger charge is 2.07. The minimum Gasteiger partial charge on any atom is -0.484 e. The van der Waals surface area contributed by atoms with Crippen LogP contribution in [0.3, 0.4) is 0 Å². The highest BCUT2D eigenvalue weighted by Crippen LogP contribution is 2.15. The zero-order chi connectivity index (χ0) is 12.0. The predicted octanol–water partition coefficient (Wildman–Crippen LogP) is 2.18. The van der Waals surface area contributed by atoms with Crippen molar-refractivity contribution < 1.29 is 9.53 Å². The Morgan fingerprint density at radius 3 is 2.69 bits per heavy atom. The van der Waals surface area contributed by atoms with Gasteiger partial charge in [-0.2, -0.15) is 5.10 Å². The molecule has 0 N–H and O–H groups in total. The third-order valence-electron chi connectivity index (χ3n) is 1.83. The molecule has 0 aliphatic rings. The molecule has 0 saturated heterocycles. The normalized spacial score (nSPS) is 10.4. The first-order valence-electron chi connectivity index (χ1n) is 4.77. The summed E-state index contributed by atoms with van der Waals surface area (Å²) in [6, 6.07) is 6.82. The number of hydrogen-bond donors (Lipinski definition) is 0. The van der Waals surface area contributed by atoms with E-state index in [2.05, 4.69) is 5.10 Å². The molecular weight excluding hydrogens is 228 g/mol. The summed E-state index contributed by atoms with van der Waals surface area (Å²) in [6.45, 7) is 1.69. The molecule has 0 saturated carbocycles. The van der Waals surface area contributed by atoms with Gasteiger partial charge in [-0.25, -0.2) is 5.01 Å². The second-order valence-corrected chi connectivity index (χ2v) is 3.47. The van der Waals surface area contributed by atoms with E-state index in [1.165, 1.54) is 5.01 Å². The van der Waals surface area contributed by atoms with E-state index >= 15 is 0 Å². The van der Waals surface area contributed by atoms with Gasteiger partial charge in [-0.15, -0.1) is 0 Å². The van der Waals surface area contributed by atoms with Gasteiger partial charge in [-0.05, 0) is 31.2 Å². The Hall–Kier alpha value is -1.55. The summed E-state index contributed by atoms with van der Waals surface area (Å²) in [4.78, 5) is 11.4. The molecule has 1 amide bonds. The smallest absolute Gasteiger partial charge is 0.280 e. The van der Waals surface area contributed by atoms with Crippen molar-refractivity contribution in [3.8, 4) is 5.75 Å². The van der Waals surface area contributed by atoms with Gasteiger partial charge in [0.15, 0.2) is 6.61 Å². The largest absolute Gasteiger partial charge is 0.484 e. The van der Waals surface area contributed by atoms with Crippen molar-refractivity contribution in [2.45, 2.75) is 6.92 Å². The number of rotatable bonds is 4. The van der Waals surface area contributed by atoms with Crippen LogP contribution in [0.1, 0.15) is 6.92 Å². The molecule has 0 radical (unpaired) electrons. The van der Waals surface area contributed by atoms with Gasteiger partial charge in [0, 0.05) is 18.3 Å². The molecule has 4 nitrogen and oxygen atoms in total. The van der Waals surface area contributed by atoms with Crippen molar-refractivity contribution in [1.29, 1.82) is 0 Å². The number of nitrogens with zero attached hydrogens (tertiary/aromatic N) is 2. The maximum Gasteiger partial charge on any atom is 0.280 e. The van der Waals surface area contributed by atoms with Crippen LogP contribution in [0.2, 0.25) is 5.02 Å². The molecule has 1 rings (SSSR count). The van der Waals surface area contributed by atoms with Gasteiger partial charge < -0.3 is 4.74 Å². The van der Waals surface area contributed by atoms with Crippen LogP contribution in [0, 0.1) is 0 Å². The van der Waals surface area contributed by atoms with Gasteiger partial charge in [0.05, 0.1) is 0 Å². The average Bonchev–Trinajstić information content (AvgIpc) is 2.28. The third kappa shape index (κ3) is 3.90. The molecule has 0 bridgehead atoms. The van der Waals surface area contributed by atoms with Gasteiger partial charge in [-0.1, -0.05) is 11.6 Å². The molecule has 0 fully saturated rings. The Bertz CT molecular complexity index is 376. The first kappa shape index (κ1) is 12.5. The lowest BCUT2D eigenvalue weighted by molar-refractivity contribution is -0.132. The number of halogens is 1. The molecule has 0 heterocycles. The van der Waals surface area contributed by atoms with Crippen LogP contribution >= 0.6 is 11.6 Å². The molecule has 16 heavy (non-hydrogen) atoms. The molecule has 0 aliphatic heterocycles. The zero-order valence-corrected chi connectivity index (χ0v) is 9.94. The van der Waals surface area contributed by atoms with Gasteiger partial charge >= 0.3 is 0 Å². The van der Waals surface area contributed by atoms with Gasteiger partial charge in [-0.3, -0.25) is 4.79 Å². The number of hydrogen-bond acceptors (Lipinski definition) is 3. The predicted molar refractivity (Wildman–Crippen MR) is 63.9 cm³/mol. The third-order valence-corrected chi connectivity index (χ3v) is 2.08. The van der Waals surface area contributed by atoms with E-state index < -0.39 is 0 Å². The summed E-state index contributed by atoms with van der Waals surface area (Å²) in [5, 5.41) is 5.67. The Kier molecular flexibility index (Phi) is 4.79. The summed E-state index contributed by atoms with van der Waals surface area (Å²) >= 11 is 5.72. The van der Waals surface area contributed by atoms with Crippen LogP contribution in [0.15, 0.2) is 29.4 Å². The van der Waals surface area contributed by atoms with Crippen LogP contribution in [0.25, 0.3) is 0 Å². The Labute approximate surface area is 99.5 Å². The fourth-order valence-corrected chi connectivity index (χ4v) is 1.13. The number of amides is 1. The van der Waals surface area contributed by atoms with Gasteiger partial charge in [0.2, 0.25) is 0 Å². The maximum absolute atomic E-state index is 11.4. The summed E-state index contributed by atoms with van der Waals surface area (Å²) in [5.74, 6) is 0.389. The van der Waals surface area contributed by atoms with E-state index in [-0.39, 0.29) is 12.5 Å². The van der Waals surface area contributed by atoms with E-state index in [1.807, 2.05) is 0 Å². The molecule has 0 unspecified atom stereocenters. The van der Waals surface area contributed by atoms with E-state index in [4.69, 9.17) is 16.3 Å². The summed E-state index contributed by atoms with van der Waals surface area (Å²) < 4.78 is 5.27. The first-order chi connectivity index (χ1) is 7.63. The minimum absolute atomic E-state index is 0.0462. The van der Waals surface area contributed by atoms with Crippen molar-refractivity contribution >= 4 is 23.7 Å². The zero-order valence-electron chi connectivity index (χ0n) is 9.18. The number of benzene rings is 1. The van der Waals surface area contributed by atoms with E-state index in [9.17, 15) is 4.79 Å². The van der Waals surface area contributed by atoms with Gasteiger partial charge in [0.1, 0.15) is 5.75 Å².